The smallest absolute Gasteiger partial charge is 0.160 e. The lowest BCUT2D eigenvalue weighted by Crippen LogP contribution is -2.12. The van der Waals surface area contributed by atoms with Crippen molar-refractivity contribution in [1.29, 1.82) is 0 Å². The summed E-state index contributed by atoms with van der Waals surface area (Å²) in [5.41, 5.74) is 1.90. The van der Waals surface area contributed by atoms with Gasteiger partial charge in [0.15, 0.2) is 17.3 Å². The largest absolute Gasteiger partial charge is 0.504 e. The minimum Gasteiger partial charge on any atom is -0.504 e. The van der Waals surface area contributed by atoms with E-state index in [9.17, 15) is 5.11 Å². The van der Waals surface area contributed by atoms with Crippen molar-refractivity contribution < 1.29 is 14.4 Å². The number of hydrogen-bond acceptors (Lipinski definition) is 5. The van der Waals surface area contributed by atoms with E-state index < -0.39 is 0 Å². The Kier molecular flexibility index (Phi) is 3.84. The zero-order valence-electron chi connectivity index (χ0n) is 10.4. The van der Waals surface area contributed by atoms with E-state index in [1.54, 1.807) is 12.1 Å². The van der Waals surface area contributed by atoms with Crippen LogP contribution in [-0.4, -0.2) is 17.4 Å². The van der Waals surface area contributed by atoms with Gasteiger partial charge in [0, 0.05) is 12.6 Å². The molecule has 2 aromatic rings. The van der Waals surface area contributed by atoms with Gasteiger partial charge in [-0.05, 0) is 24.6 Å². The number of phenolic OH excluding ortho intramolecular Hbond substituents is 1. The van der Waals surface area contributed by atoms with E-state index in [-0.39, 0.29) is 5.75 Å². The van der Waals surface area contributed by atoms with E-state index in [0.29, 0.717) is 18.8 Å². The van der Waals surface area contributed by atoms with Gasteiger partial charge >= 0.3 is 0 Å². The molecule has 0 amide bonds. The predicted octanol–water partition coefficient (Wildman–Crippen LogP) is 1.99. The second-order valence-electron chi connectivity index (χ2n) is 4.04. The number of rotatable bonds is 5. The quantitative estimate of drug-likeness (QED) is 0.847. The lowest BCUT2D eigenvalue weighted by atomic mass is 10.2. The molecular formula is C13H16N2O3. The first-order valence-corrected chi connectivity index (χ1v) is 5.68. The average molecular weight is 248 g/mol. The highest BCUT2D eigenvalue weighted by molar-refractivity contribution is 5.41. The van der Waals surface area contributed by atoms with Crippen molar-refractivity contribution in [2.24, 2.45) is 0 Å². The Balaban J connectivity index is 1.90. The fourth-order valence-electron chi connectivity index (χ4n) is 1.66. The summed E-state index contributed by atoms with van der Waals surface area (Å²) in [5, 5.41) is 16.5. The normalized spacial score (nSPS) is 10.6. The lowest BCUT2D eigenvalue weighted by Gasteiger charge is -2.07. The van der Waals surface area contributed by atoms with E-state index in [2.05, 4.69) is 10.5 Å². The SMILES string of the molecule is COc1cc(CNCc2cc(C)no2)ccc1O. The highest BCUT2D eigenvalue weighted by atomic mass is 16.5. The summed E-state index contributed by atoms with van der Waals surface area (Å²) >= 11 is 0. The molecule has 0 radical (unpaired) electrons. The van der Waals surface area contributed by atoms with Crippen LogP contribution < -0.4 is 10.1 Å². The minimum atomic E-state index is 0.145. The Morgan fingerprint density at radius 3 is 2.83 bits per heavy atom. The zero-order valence-corrected chi connectivity index (χ0v) is 10.4. The third-order valence-corrected chi connectivity index (χ3v) is 2.55. The third kappa shape index (κ3) is 3.01. The highest BCUT2D eigenvalue weighted by Gasteiger charge is 2.03. The predicted molar refractivity (Wildman–Crippen MR) is 66.4 cm³/mol. The molecule has 5 nitrogen and oxygen atoms in total. The number of hydrogen-bond donors (Lipinski definition) is 2. The first-order valence-electron chi connectivity index (χ1n) is 5.68. The fraction of sp³-hybridized carbons (Fsp3) is 0.308. The molecule has 1 aromatic heterocycles. The van der Waals surface area contributed by atoms with Crippen molar-refractivity contribution in [3.8, 4) is 11.5 Å². The summed E-state index contributed by atoms with van der Waals surface area (Å²) in [6.07, 6.45) is 0. The molecular weight excluding hydrogens is 232 g/mol. The van der Waals surface area contributed by atoms with Crippen molar-refractivity contribution in [2.45, 2.75) is 20.0 Å². The Morgan fingerprint density at radius 1 is 1.33 bits per heavy atom. The average Bonchev–Trinajstić information content (AvgIpc) is 2.77. The van der Waals surface area contributed by atoms with Crippen LogP contribution in [-0.2, 0) is 13.1 Å². The number of benzene rings is 1. The van der Waals surface area contributed by atoms with Gasteiger partial charge in [0.25, 0.3) is 0 Å². The monoisotopic (exact) mass is 248 g/mol. The van der Waals surface area contributed by atoms with Crippen molar-refractivity contribution >= 4 is 0 Å². The Hall–Kier alpha value is -2.01. The molecule has 0 aliphatic rings. The number of aromatic nitrogens is 1. The molecule has 0 saturated heterocycles. The van der Waals surface area contributed by atoms with Gasteiger partial charge in [-0.25, -0.2) is 0 Å². The topological polar surface area (TPSA) is 67.5 Å². The van der Waals surface area contributed by atoms with Gasteiger partial charge in [-0.3, -0.25) is 0 Å². The summed E-state index contributed by atoms with van der Waals surface area (Å²) in [7, 11) is 1.53. The van der Waals surface area contributed by atoms with Crippen molar-refractivity contribution in [3.63, 3.8) is 0 Å². The molecule has 0 saturated carbocycles. The van der Waals surface area contributed by atoms with Crippen LogP contribution in [0, 0.1) is 6.92 Å². The van der Waals surface area contributed by atoms with Crippen LogP contribution >= 0.6 is 0 Å². The van der Waals surface area contributed by atoms with Crippen LogP contribution in [0.2, 0.25) is 0 Å². The van der Waals surface area contributed by atoms with Crippen LogP contribution in [0.5, 0.6) is 11.5 Å². The third-order valence-electron chi connectivity index (χ3n) is 2.55. The molecule has 1 heterocycles. The summed E-state index contributed by atoms with van der Waals surface area (Å²) in [5.74, 6) is 1.43. The van der Waals surface area contributed by atoms with Crippen molar-refractivity contribution in [2.75, 3.05) is 7.11 Å². The summed E-state index contributed by atoms with van der Waals surface area (Å²) in [6, 6.07) is 7.16. The van der Waals surface area contributed by atoms with Gasteiger partial charge in [0.1, 0.15) is 0 Å². The van der Waals surface area contributed by atoms with E-state index in [4.69, 9.17) is 9.26 Å². The van der Waals surface area contributed by atoms with Crippen molar-refractivity contribution in [3.05, 3.63) is 41.3 Å². The molecule has 0 bridgehead atoms. The van der Waals surface area contributed by atoms with Crippen LogP contribution in [0.15, 0.2) is 28.8 Å². The van der Waals surface area contributed by atoms with Crippen LogP contribution in [0.4, 0.5) is 0 Å². The minimum absolute atomic E-state index is 0.145. The highest BCUT2D eigenvalue weighted by Crippen LogP contribution is 2.26. The van der Waals surface area contributed by atoms with Crippen LogP contribution in [0.25, 0.3) is 0 Å². The molecule has 2 N–H and O–H groups in total. The molecule has 0 atom stereocenters. The molecule has 0 aliphatic carbocycles. The summed E-state index contributed by atoms with van der Waals surface area (Å²) in [6.45, 7) is 3.16. The number of aromatic hydroxyl groups is 1. The molecule has 0 aliphatic heterocycles. The number of aryl methyl sites for hydroxylation is 1. The maximum absolute atomic E-state index is 9.47. The van der Waals surface area contributed by atoms with Crippen LogP contribution in [0.3, 0.4) is 0 Å². The van der Waals surface area contributed by atoms with Crippen LogP contribution in [0.1, 0.15) is 17.0 Å². The maximum Gasteiger partial charge on any atom is 0.160 e. The molecule has 0 spiro atoms. The second kappa shape index (κ2) is 5.55. The van der Waals surface area contributed by atoms with Gasteiger partial charge in [0.2, 0.25) is 0 Å². The summed E-state index contributed by atoms with van der Waals surface area (Å²) < 4.78 is 10.1. The molecule has 1 aromatic carbocycles. The maximum atomic E-state index is 9.47. The number of phenols is 1. The van der Waals surface area contributed by atoms with E-state index >= 15 is 0 Å². The Labute approximate surface area is 105 Å². The molecule has 5 heteroatoms. The van der Waals surface area contributed by atoms with Gasteiger partial charge in [0.05, 0.1) is 19.3 Å². The zero-order chi connectivity index (χ0) is 13.0. The molecule has 2 rings (SSSR count). The first kappa shape index (κ1) is 12.4. The van der Waals surface area contributed by atoms with Crippen molar-refractivity contribution in [1.82, 2.24) is 10.5 Å². The van der Waals surface area contributed by atoms with Gasteiger partial charge in [-0.1, -0.05) is 11.2 Å². The molecule has 96 valence electrons. The standard InChI is InChI=1S/C13H16N2O3/c1-9-5-11(18-15-9)8-14-7-10-3-4-12(16)13(6-10)17-2/h3-6,14,16H,7-8H2,1-2H3. The second-order valence-corrected chi connectivity index (χ2v) is 4.04. The number of nitrogens with one attached hydrogen (secondary N) is 1. The number of methoxy groups -OCH3 is 1. The van der Waals surface area contributed by atoms with Gasteiger partial charge in [-0.2, -0.15) is 0 Å². The van der Waals surface area contributed by atoms with E-state index in [1.165, 1.54) is 7.11 Å². The first-order chi connectivity index (χ1) is 8.69. The Morgan fingerprint density at radius 2 is 2.17 bits per heavy atom. The summed E-state index contributed by atoms with van der Waals surface area (Å²) in [4.78, 5) is 0. The molecule has 18 heavy (non-hydrogen) atoms. The molecule has 0 fully saturated rings. The van der Waals surface area contributed by atoms with Gasteiger partial charge < -0.3 is 19.7 Å². The van der Waals surface area contributed by atoms with E-state index in [1.807, 2.05) is 19.1 Å². The number of ether oxygens (including phenoxy) is 1. The lowest BCUT2D eigenvalue weighted by molar-refractivity contribution is 0.367. The van der Waals surface area contributed by atoms with E-state index in [0.717, 1.165) is 17.0 Å². The Bertz CT molecular complexity index is 523. The molecule has 0 unspecified atom stereocenters. The van der Waals surface area contributed by atoms with Gasteiger partial charge in [-0.15, -0.1) is 0 Å². The number of nitrogens with zero attached hydrogens (tertiary/aromatic N) is 1. The fourth-order valence-corrected chi connectivity index (χ4v) is 1.66.